The molecule has 1 saturated heterocycles. The molecule has 0 atom stereocenters. The summed E-state index contributed by atoms with van der Waals surface area (Å²) in [5.74, 6) is 0. The maximum atomic E-state index is 11.2. The number of methoxy groups -OCH3 is 1. The molecule has 0 aliphatic carbocycles. The van der Waals surface area contributed by atoms with Gasteiger partial charge in [0.2, 0.25) is 0 Å². The van der Waals surface area contributed by atoms with Crippen LogP contribution in [0.2, 0.25) is 0 Å². The molecule has 0 bridgehead atoms. The van der Waals surface area contributed by atoms with Crippen LogP contribution in [0.15, 0.2) is 18.2 Å². The molecule has 1 aromatic rings. The third kappa shape index (κ3) is 3.68. The van der Waals surface area contributed by atoms with Crippen LogP contribution in [0.25, 0.3) is 0 Å². The molecular formula is C14H18N4O3. The monoisotopic (exact) mass is 290 g/mol. The number of benzene rings is 1. The molecule has 0 saturated carbocycles. The lowest BCUT2D eigenvalue weighted by atomic mass is 10.1. The predicted octanol–water partition coefficient (Wildman–Crippen LogP) is 1.23. The van der Waals surface area contributed by atoms with Gasteiger partial charge in [0, 0.05) is 45.9 Å². The SMILES string of the molecule is COCCN1CCN(c2ccc(C#N)cc2[N+](=O)[O-])CC1. The molecule has 112 valence electrons. The number of hydrogen-bond acceptors (Lipinski definition) is 6. The molecule has 1 aliphatic rings. The van der Waals surface area contributed by atoms with E-state index in [1.54, 1.807) is 19.2 Å². The van der Waals surface area contributed by atoms with E-state index in [1.807, 2.05) is 11.0 Å². The Labute approximate surface area is 123 Å². The average molecular weight is 290 g/mol. The standard InChI is InChI=1S/C14H18N4O3/c1-21-9-8-16-4-6-17(7-5-16)13-3-2-12(11-15)10-14(13)18(19)20/h2-3,10H,4-9H2,1H3. The Hall–Kier alpha value is -2.17. The van der Waals surface area contributed by atoms with Crippen LogP contribution in [-0.2, 0) is 4.74 Å². The van der Waals surface area contributed by atoms with Gasteiger partial charge in [-0.2, -0.15) is 5.26 Å². The fraction of sp³-hybridized carbons (Fsp3) is 0.500. The Morgan fingerprint density at radius 2 is 2.10 bits per heavy atom. The minimum atomic E-state index is -0.423. The molecule has 0 N–H and O–H groups in total. The van der Waals surface area contributed by atoms with Crippen molar-refractivity contribution in [3.63, 3.8) is 0 Å². The summed E-state index contributed by atoms with van der Waals surface area (Å²) in [6, 6.07) is 6.57. The summed E-state index contributed by atoms with van der Waals surface area (Å²) in [4.78, 5) is 15.0. The van der Waals surface area contributed by atoms with Crippen molar-refractivity contribution in [2.75, 3.05) is 51.3 Å². The zero-order chi connectivity index (χ0) is 15.2. The second-order valence-corrected chi connectivity index (χ2v) is 4.89. The lowest BCUT2D eigenvalue weighted by Gasteiger charge is -2.35. The van der Waals surface area contributed by atoms with E-state index in [0.717, 1.165) is 32.7 Å². The molecule has 0 unspecified atom stereocenters. The van der Waals surface area contributed by atoms with Gasteiger partial charge in [0.05, 0.1) is 23.2 Å². The van der Waals surface area contributed by atoms with E-state index in [-0.39, 0.29) is 5.69 Å². The summed E-state index contributed by atoms with van der Waals surface area (Å²) in [6.45, 7) is 4.73. The van der Waals surface area contributed by atoms with Gasteiger partial charge < -0.3 is 9.64 Å². The van der Waals surface area contributed by atoms with Crippen molar-refractivity contribution in [2.24, 2.45) is 0 Å². The van der Waals surface area contributed by atoms with E-state index in [4.69, 9.17) is 10.00 Å². The quantitative estimate of drug-likeness (QED) is 0.599. The van der Waals surface area contributed by atoms with Crippen LogP contribution in [0.1, 0.15) is 5.56 Å². The number of ether oxygens (including phenoxy) is 1. The zero-order valence-corrected chi connectivity index (χ0v) is 12.0. The van der Waals surface area contributed by atoms with Gasteiger partial charge in [0.25, 0.3) is 5.69 Å². The Balaban J connectivity index is 2.10. The summed E-state index contributed by atoms with van der Waals surface area (Å²) in [7, 11) is 1.68. The first-order valence-corrected chi connectivity index (χ1v) is 6.80. The van der Waals surface area contributed by atoms with Crippen molar-refractivity contribution in [3.8, 4) is 6.07 Å². The summed E-state index contributed by atoms with van der Waals surface area (Å²) in [5.41, 5.74) is 0.897. The van der Waals surface area contributed by atoms with Crippen LogP contribution in [0, 0.1) is 21.4 Å². The number of anilines is 1. The largest absolute Gasteiger partial charge is 0.383 e. The van der Waals surface area contributed by atoms with Gasteiger partial charge >= 0.3 is 0 Å². The van der Waals surface area contributed by atoms with Crippen LogP contribution in [0.4, 0.5) is 11.4 Å². The van der Waals surface area contributed by atoms with Gasteiger partial charge in [-0.25, -0.2) is 0 Å². The maximum Gasteiger partial charge on any atom is 0.293 e. The van der Waals surface area contributed by atoms with Gasteiger partial charge in [-0.1, -0.05) is 0 Å². The summed E-state index contributed by atoms with van der Waals surface area (Å²) < 4.78 is 5.06. The van der Waals surface area contributed by atoms with E-state index >= 15 is 0 Å². The van der Waals surface area contributed by atoms with Crippen molar-refractivity contribution in [1.29, 1.82) is 5.26 Å². The third-order valence-corrected chi connectivity index (χ3v) is 3.63. The first-order valence-electron chi connectivity index (χ1n) is 6.80. The number of nitro groups is 1. The molecular weight excluding hydrogens is 272 g/mol. The van der Waals surface area contributed by atoms with E-state index in [0.29, 0.717) is 17.9 Å². The van der Waals surface area contributed by atoms with Crippen molar-refractivity contribution in [2.45, 2.75) is 0 Å². The minimum Gasteiger partial charge on any atom is -0.383 e. The third-order valence-electron chi connectivity index (χ3n) is 3.63. The molecule has 0 amide bonds. The van der Waals surface area contributed by atoms with Gasteiger partial charge in [-0.05, 0) is 12.1 Å². The topological polar surface area (TPSA) is 82.6 Å². The summed E-state index contributed by atoms with van der Waals surface area (Å²) in [5, 5.41) is 20.0. The van der Waals surface area contributed by atoms with Crippen LogP contribution in [0.3, 0.4) is 0 Å². The first-order chi connectivity index (χ1) is 10.2. The molecule has 1 fully saturated rings. The Kier molecular flexibility index (Phi) is 5.09. The predicted molar refractivity (Wildman–Crippen MR) is 78.3 cm³/mol. The molecule has 0 radical (unpaired) electrons. The van der Waals surface area contributed by atoms with Gasteiger partial charge in [0.15, 0.2) is 0 Å². The first kappa shape index (κ1) is 15.2. The molecule has 0 aromatic heterocycles. The van der Waals surface area contributed by atoms with Crippen LogP contribution in [0.5, 0.6) is 0 Å². The van der Waals surface area contributed by atoms with E-state index in [2.05, 4.69) is 4.90 Å². The van der Waals surface area contributed by atoms with Crippen molar-refractivity contribution >= 4 is 11.4 Å². The maximum absolute atomic E-state index is 11.2. The highest BCUT2D eigenvalue weighted by atomic mass is 16.6. The second-order valence-electron chi connectivity index (χ2n) is 4.89. The van der Waals surface area contributed by atoms with Gasteiger partial charge in [-0.3, -0.25) is 15.0 Å². The second kappa shape index (κ2) is 7.02. The minimum absolute atomic E-state index is 0.000563. The molecule has 1 heterocycles. The normalized spacial score (nSPS) is 15.7. The van der Waals surface area contributed by atoms with Crippen LogP contribution >= 0.6 is 0 Å². The fourth-order valence-electron chi connectivity index (χ4n) is 2.44. The van der Waals surface area contributed by atoms with Crippen LogP contribution in [-0.4, -0.2) is 56.3 Å². The van der Waals surface area contributed by atoms with Crippen molar-refractivity contribution in [3.05, 3.63) is 33.9 Å². The van der Waals surface area contributed by atoms with Gasteiger partial charge in [-0.15, -0.1) is 0 Å². The zero-order valence-electron chi connectivity index (χ0n) is 12.0. The average Bonchev–Trinajstić information content (AvgIpc) is 2.52. The molecule has 21 heavy (non-hydrogen) atoms. The Bertz CT molecular complexity index is 548. The van der Waals surface area contributed by atoms with Crippen molar-refractivity contribution in [1.82, 2.24) is 4.90 Å². The van der Waals surface area contributed by atoms with E-state index in [1.165, 1.54) is 6.07 Å². The summed E-state index contributed by atoms with van der Waals surface area (Å²) in [6.07, 6.45) is 0. The molecule has 1 aromatic carbocycles. The molecule has 1 aliphatic heterocycles. The number of nitriles is 1. The number of rotatable bonds is 5. The molecule has 7 nitrogen and oxygen atoms in total. The molecule has 7 heteroatoms. The lowest BCUT2D eigenvalue weighted by molar-refractivity contribution is -0.384. The number of nitro benzene ring substituents is 1. The molecule has 0 spiro atoms. The number of piperazine rings is 1. The fourth-order valence-corrected chi connectivity index (χ4v) is 2.44. The molecule has 2 rings (SSSR count). The Morgan fingerprint density at radius 1 is 1.38 bits per heavy atom. The van der Waals surface area contributed by atoms with E-state index < -0.39 is 4.92 Å². The highest BCUT2D eigenvalue weighted by Crippen LogP contribution is 2.29. The smallest absolute Gasteiger partial charge is 0.293 e. The summed E-state index contributed by atoms with van der Waals surface area (Å²) >= 11 is 0. The number of nitrogens with zero attached hydrogens (tertiary/aromatic N) is 4. The number of hydrogen-bond donors (Lipinski definition) is 0. The van der Waals surface area contributed by atoms with E-state index in [9.17, 15) is 10.1 Å². The van der Waals surface area contributed by atoms with Crippen molar-refractivity contribution < 1.29 is 9.66 Å². The van der Waals surface area contributed by atoms with Gasteiger partial charge in [0.1, 0.15) is 5.69 Å². The highest BCUT2D eigenvalue weighted by molar-refractivity contribution is 5.65. The Morgan fingerprint density at radius 3 is 2.67 bits per heavy atom. The lowest BCUT2D eigenvalue weighted by Crippen LogP contribution is -2.47. The van der Waals surface area contributed by atoms with Crippen LogP contribution < -0.4 is 4.90 Å². The highest BCUT2D eigenvalue weighted by Gasteiger charge is 2.23.